The van der Waals surface area contributed by atoms with Gasteiger partial charge in [0.1, 0.15) is 6.04 Å². The Hall–Kier alpha value is -1.92. The number of aliphatic carboxylic acids is 1. The van der Waals surface area contributed by atoms with Crippen LogP contribution in [-0.2, 0) is 14.3 Å². The summed E-state index contributed by atoms with van der Waals surface area (Å²) in [4.78, 5) is 23.3. The lowest BCUT2D eigenvalue weighted by Crippen LogP contribution is -2.40. The number of methoxy groups -OCH3 is 1. The van der Waals surface area contributed by atoms with Crippen molar-refractivity contribution in [2.24, 2.45) is 0 Å². The Morgan fingerprint density at radius 1 is 1.27 bits per heavy atom. The third kappa shape index (κ3) is 5.83. The molecule has 0 aliphatic carbocycles. The Kier molecular flexibility index (Phi) is 7.56. The fourth-order valence-corrected chi connectivity index (χ4v) is 2.13. The number of anilines is 1. The van der Waals surface area contributed by atoms with Crippen LogP contribution in [-0.4, -0.2) is 43.3 Å². The van der Waals surface area contributed by atoms with Crippen molar-refractivity contribution in [1.82, 2.24) is 5.32 Å². The average molecular weight is 308 g/mol. The molecule has 1 rings (SSSR count). The van der Waals surface area contributed by atoms with Gasteiger partial charge in [-0.25, -0.2) is 0 Å². The third-order valence-electron chi connectivity index (χ3n) is 3.35. The number of rotatable bonds is 9. The van der Waals surface area contributed by atoms with Crippen molar-refractivity contribution >= 4 is 17.6 Å². The van der Waals surface area contributed by atoms with E-state index in [1.54, 1.807) is 7.11 Å². The van der Waals surface area contributed by atoms with E-state index in [4.69, 9.17) is 4.74 Å². The van der Waals surface area contributed by atoms with Gasteiger partial charge in [0.2, 0.25) is 5.91 Å². The molecule has 0 bridgehead atoms. The number of benzene rings is 1. The molecule has 0 radical (unpaired) electrons. The molecule has 0 aliphatic rings. The first-order valence-electron chi connectivity index (χ1n) is 7.27. The maximum Gasteiger partial charge on any atom is 0.321 e. The van der Waals surface area contributed by atoms with Crippen molar-refractivity contribution in [3.05, 3.63) is 29.3 Å². The Bertz CT molecular complexity index is 497. The zero-order valence-electron chi connectivity index (χ0n) is 13.3. The van der Waals surface area contributed by atoms with Gasteiger partial charge in [-0.2, -0.15) is 0 Å². The zero-order chi connectivity index (χ0) is 16.5. The number of amides is 1. The molecule has 6 heteroatoms. The Labute approximate surface area is 130 Å². The van der Waals surface area contributed by atoms with Gasteiger partial charge in [0.25, 0.3) is 0 Å². The van der Waals surface area contributed by atoms with Gasteiger partial charge in [-0.3, -0.25) is 9.59 Å². The van der Waals surface area contributed by atoms with Crippen molar-refractivity contribution in [3.8, 4) is 0 Å². The summed E-state index contributed by atoms with van der Waals surface area (Å²) in [7, 11) is 1.59. The van der Waals surface area contributed by atoms with Gasteiger partial charge in [-0.15, -0.1) is 0 Å². The second kappa shape index (κ2) is 9.17. The van der Waals surface area contributed by atoms with Crippen molar-refractivity contribution in [2.45, 2.75) is 32.7 Å². The highest BCUT2D eigenvalue weighted by atomic mass is 16.5. The summed E-state index contributed by atoms with van der Waals surface area (Å²) in [6.07, 6.45) is 0.578. The molecule has 0 spiro atoms. The van der Waals surface area contributed by atoms with Gasteiger partial charge < -0.3 is 20.5 Å². The van der Waals surface area contributed by atoms with E-state index in [2.05, 4.69) is 10.6 Å². The first kappa shape index (κ1) is 18.1. The average Bonchev–Trinajstić information content (AvgIpc) is 2.46. The summed E-state index contributed by atoms with van der Waals surface area (Å²) in [5.41, 5.74) is 2.65. The molecule has 1 amide bonds. The van der Waals surface area contributed by atoms with Crippen LogP contribution >= 0.6 is 0 Å². The second-order valence-electron chi connectivity index (χ2n) is 5.21. The number of ether oxygens (including phenoxy) is 1. The largest absolute Gasteiger partial charge is 0.480 e. The predicted molar refractivity (Wildman–Crippen MR) is 85.1 cm³/mol. The topological polar surface area (TPSA) is 87.7 Å². The van der Waals surface area contributed by atoms with Crippen LogP contribution in [0.25, 0.3) is 0 Å². The predicted octanol–water partition coefficient (Wildman–Crippen LogP) is 1.71. The second-order valence-corrected chi connectivity index (χ2v) is 5.21. The van der Waals surface area contributed by atoms with Crippen molar-refractivity contribution in [2.75, 3.05) is 25.6 Å². The lowest BCUT2D eigenvalue weighted by atomic mass is 10.1. The van der Waals surface area contributed by atoms with E-state index in [0.29, 0.717) is 19.6 Å². The van der Waals surface area contributed by atoms with Crippen LogP contribution in [0.4, 0.5) is 5.69 Å². The number of carboxylic acids is 1. The molecule has 22 heavy (non-hydrogen) atoms. The fourth-order valence-electron chi connectivity index (χ4n) is 2.13. The van der Waals surface area contributed by atoms with E-state index in [-0.39, 0.29) is 12.3 Å². The molecule has 1 unspecified atom stereocenters. The number of carbonyl (C=O) groups is 2. The van der Waals surface area contributed by atoms with Crippen molar-refractivity contribution in [1.29, 1.82) is 0 Å². The van der Waals surface area contributed by atoms with E-state index in [1.165, 1.54) is 0 Å². The number of aryl methyl sites for hydroxylation is 2. The SMILES string of the molecule is COCCCNC(CC(=O)Nc1c(C)cccc1C)C(=O)O. The number of hydrogen-bond acceptors (Lipinski definition) is 4. The summed E-state index contributed by atoms with van der Waals surface area (Å²) < 4.78 is 4.90. The molecule has 1 aromatic carbocycles. The monoisotopic (exact) mass is 308 g/mol. The van der Waals surface area contributed by atoms with Crippen molar-refractivity contribution in [3.63, 3.8) is 0 Å². The smallest absolute Gasteiger partial charge is 0.321 e. The summed E-state index contributed by atoms with van der Waals surface area (Å²) >= 11 is 0. The molecule has 0 aliphatic heterocycles. The number of para-hydroxylation sites is 1. The minimum Gasteiger partial charge on any atom is -0.480 e. The van der Waals surface area contributed by atoms with Crippen LogP contribution in [0.5, 0.6) is 0 Å². The highest BCUT2D eigenvalue weighted by molar-refractivity contribution is 5.95. The van der Waals surface area contributed by atoms with E-state index < -0.39 is 12.0 Å². The van der Waals surface area contributed by atoms with E-state index in [9.17, 15) is 14.7 Å². The number of carboxylic acid groups (broad SMARTS) is 1. The van der Waals surface area contributed by atoms with Gasteiger partial charge in [0.05, 0.1) is 6.42 Å². The summed E-state index contributed by atoms with van der Waals surface area (Å²) in [5, 5.41) is 14.8. The van der Waals surface area contributed by atoms with Gasteiger partial charge >= 0.3 is 5.97 Å². The normalized spacial score (nSPS) is 12.0. The van der Waals surface area contributed by atoms with Gasteiger partial charge in [0.15, 0.2) is 0 Å². The highest BCUT2D eigenvalue weighted by Crippen LogP contribution is 2.19. The van der Waals surface area contributed by atoms with Crippen LogP contribution in [0.15, 0.2) is 18.2 Å². The fraction of sp³-hybridized carbons (Fsp3) is 0.500. The highest BCUT2D eigenvalue weighted by Gasteiger charge is 2.21. The lowest BCUT2D eigenvalue weighted by molar-refractivity contribution is -0.141. The molecular formula is C16H24N2O4. The van der Waals surface area contributed by atoms with E-state index in [0.717, 1.165) is 16.8 Å². The third-order valence-corrected chi connectivity index (χ3v) is 3.35. The molecule has 1 atom stereocenters. The molecule has 3 N–H and O–H groups in total. The Morgan fingerprint density at radius 2 is 1.91 bits per heavy atom. The zero-order valence-corrected chi connectivity index (χ0v) is 13.3. The Balaban J connectivity index is 2.58. The summed E-state index contributed by atoms with van der Waals surface area (Å²) in [6.45, 7) is 4.84. The molecule has 1 aromatic rings. The summed E-state index contributed by atoms with van der Waals surface area (Å²) in [5.74, 6) is -1.35. The van der Waals surface area contributed by atoms with Crippen LogP contribution in [0, 0.1) is 13.8 Å². The first-order valence-corrected chi connectivity index (χ1v) is 7.27. The van der Waals surface area contributed by atoms with Gasteiger partial charge in [-0.05, 0) is 37.9 Å². The van der Waals surface area contributed by atoms with Crippen LogP contribution in [0.3, 0.4) is 0 Å². The van der Waals surface area contributed by atoms with Crippen LogP contribution in [0.1, 0.15) is 24.0 Å². The molecule has 0 fully saturated rings. The van der Waals surface area contributed by atoms with E-state index in [1.807, 2.05) is 32.0 Å². The first-order chi connectivity index (χ1) is 10.5. The summed E-state index contributed by atoms with van der Waals surface area (Å²) in [6, 6.07) is 4.82. The Morgan fingerprint density at radius 3 is 2.45 bits per heavy atom. The maximum atomic E-state index is 12.1. The molecular weight excluding hydrogens is 284 g/mol. The minimum absolute atomic E-state index is 0.115. The quantitative estimate of drug-likeness (QED) is 0.605. The number of carbonyl (C=O) groups excluding carboxylic acids is 1. The van der Waals surface area contributed by atoms with Crippen LogP contribution < -0.4 is 10.6 Å². The molecule has 6 nitrogen and oxygen atoms in total. The molecule has 0 heterocycles. The number of hydrogen-bond donors (Lipinski definition) is 3. The maximum absolute atomic E-state index is 12.1. The lowest BCUT2D eigenvalue weighted by Gasteiger charge is -2.16. The molecule has 0 saturated heterocycles. The van der Waals surface area contributed by atoms with Gasteiger partial charge in [-0.1, -0.05) is 18.2 Å². The van der Waals surface area contributed by atoms with Gasteiger partial charge in [0, 0.05) is 19.4 Å². The standard InChI is InChI=1S/C16H24N2O4/c1-11-6-4-7-12(2)15(11)18-14(19)10-13(16(20)21)17-8-5-9-22-3/h4,6-7,13,17H,5,8-10H2,1-3H3,(H,18,19)(H,20,21). The molecule has 0 saturated carbocycles. The van der Waals surface area contributed by atoms with E-state index >= 15 is 0 Å². The molecule has 122 valence electrons. The molecule has 0 aromatic heterocycles. The number of nitrogens with one attached hydrogen (secondary N) is 2. The minimum atomic E-state index is -1.03. The van der Waals surface area contributed by atoms with Crippen molar-refractivity contribution < 1.29 is 19.4 Å². The van der Waals surface area contributed by atoms with Crippen LogP contribution in [0.2, 0.25) is 0 Å².